The number of rotatable bonds is 2. The van der Waals surface area contributed by atoms with Crippen LogP contribution in [0, 0.1) is 5.92 Å². The van der Waals surface area contributed by atoms with Crippen molar-refractivity contribution < 1.29 is 4.79 Å². The van der Waals surface area contributed by atoms with Gasteiger partial charge in [0.2, 0.25) is 0 Å². The summed E-state index contributed by atoms with van der Waals surface area (Å²) in [7, 11) is 0. The topological polar surface area (TPSA) is 39.0 Å². The molecular formula is C7H11NO. The predicted molar refractivity (Wildman–Crippen MR) is 34.1 cm³/mol. The third kappa shape index (κ3) is 0.874. The number of ketones is 1. The zero-order valence-electron chi connectivity index (χ0n) is 5.55. The molecule has 1 saturated carbocycles. The van der Waals surface area contributed by atoms with Crippen molar-refractivity contribution in [1.29, 1.82) is 0 Å². The van der Waals surface area contributed by atoms with Crippen LogP contribution in [0.1, 0.15) is 19.8 Å². The van der Waals surface area contributed by atoms with Gasteiger partial charge in [-0.05, 0) is 25.7 Å². The minimum atomic E-state index is 0.234. The van der Waals surface area contributed by atoms with E-state index >= 15 is 0 Å². The lowest BCUT2D eigenvalue weighted by atomic mass is 10.2. The molecule has 1 aliphatic heterocycles. The van der Waals surface area contributed by atoms with Gasteiger partial charge in [0.25, 0.3) is 0 Å². The first kappa shape index (κ1) is 5.42. The second kappa shape index (κ2) is 1.57. The summed E-state index contributed by atoms with van der Waals surface area (Å²) in [6, 6.07) is 0.806. The molecule has 2 fully saturated rings. The molecule has 2 atom stereocenters. The van der Waals surface area contributed by atoms with Gasteiger partial charge in [0, 0.05) is 6.04 Å². The van der Waals surface area contributed by atoms with Crippen molar-refractivity contribution in [2.45, 2.75) is 31.8 Å². The van der Waals surface area contributed by atoms with Crippen LogP contribution >= 0.6 is 0 Å². The molecule has 1 heterocycles. The Labute approximate surface area is 54.6 Å². The molecule has 0 radical (unpaired) electrons. The number of nitrogens with one attached hydrogen (secondary N) is 1. The molecule has 0 bridgehead atoms. The molecule has 1 aliphatic carbocycles. The van der Waals surface area contributed by atoms with E-state index in [9.17, 15) is 4.79 Å². The fourth-order valence-corrected chi connectivity index (χ4v) is 1.39. The Hall–Kier alpha value is -0.370. The Morgan fingerprint density at radius 3 is 2.56 bits per heavy atom. The molecule has 50 valence electrons. The normalized spacial score (nSPS) is 40.6. The van der Waals surface area contributed by atoms with Crippen molar-refractivity contribution in [3.05, 3.63) is 0 Å². The third-order valence-electron chi connectivity index (χ3n) is 2.19. The molecule has 0 unspecified atom stereocenters. The van der Waals surface area contributed by atoms with Crippen LogP contribution in [0.4, 0.5) is 0 Å². The van der Waals surface area contributed by atoms with Crippen LogP contribution in [0.2, 0.25) is 0 Å². The lowest BCUT2D eigenvalue weighted by Crippen LogP contribution is -2.05. The highest BCUT2D eigenvalue weighted by molar-refractivity contribution is 5.85. The van der Waals surface area contributed by atoms with Crippen LogP contribution in [0.25, 0.3) is 0 Å². The maximum atomic E-state index is 10.7. The molecule has 0 aromatic carbocycles. The number of Topliss-reactive ketones (excluding diaryl/α,β-unsaturated/α-hetero) is 1. The standard InChI is InChI=1S/C7H11NO/c1-4(9)6-7(8-6)5-2-3-5/h5-8H,2-3H2,1H3/t6-,7-/m1/s1. The number of hydrogen-bond donors (Lipinski definition) is 1. The van der Waals surface area contributed by atoms with Crippen LogP contribution in [0.3, 0.4) is 0 Å². The second-order valence-corrected chi connectivity index (χ2v) is 3.12. The lowest BCUT2D eigenvalue weighted by molar-refractivity contribution is -0.116. The minimum absolute atomic E-state index is 0.234. The third-order valence-corrected chi connectivity index (χ3v) is 2.19. The quantitative estimate of drug-likeness (QED) is 0.540. The molecule has 1 saturated heterocycles. The largest absolute Gasteiger partial charge is 0.301 e. The number of hydrogen-bond acceptors (Lipinski definition) is 2. The highest BCUT2D eigenvalue weighted by Gasteiger charge is 2.49. The summed E-state index contributed by atoms with van der Waals surface area (Å²) < 4.78 is 0. The van der Waals surface area contributed by atoms with E-state index in [1.165, 1.54) is 12.8 Å². The van der Waals surface area contributed by atoms with Crippen molar-refractivity contribution in [2.75, 3.05) is 0 Å². The van der Waals surface area contributed by atoms with E-state index in [4.69, 9.17) is 0 Å². The van der Waals surface area contributed by atoms with Crippen molar-refractivity contribution >= 4 is 5.78 Å². The molecule has 2 nitrogen and oxygen atoms in total. The summed E-state index contributed by atoms with van der Waals surface area (Å²) in [5, 5.41) is 3.18. The average Bonchev–Trinajstić information content (AvgIpc) is 2.60. The van der Waals surface area contributed by atoms with Crippen molar-refractivity contribution in [1.82, 2.24) is 5.32 Å². The van der Waals surface area contributed by atoms with Gasteiger partial charge in [-0.1, -0.05) is 0 Å². The summed E-state index contributed by atoms with van der Waals surface area (Å²) in [4.78, 5) is 10.7. The molecule has 1 N–H and O–H groups in total. The molecule has 0 aromatic heterocycles. The van der Waals surface area contributed by atoms with Gasteiger partial charge < -0.3 is 5.32 Å². The molecular weight excluding hydrogens is 114 g/mol. The predicted octanol–water partition coefficient (Wildman–Crippen LogP) is 0.326. The molecule has 0 amide bonds. The molecule has 2 aliphatic rings. The molecule has 9 heavy (non-hydrogen) atoms. The van der Waals surface area contributed by atoms with Crippen LogP contribution in [0.5, 0.6) is 0 Å². The summed E-state index contributed by atoms with van der Waals surface area (Å²) in [6.07, 6.45) is 2.67. The Balaban J connectivity index is 1.87. The Morgan fingerprint density at radius 2 is 2.22 bits per heavy atom. The monoisotopic (exact) mass is 125 g/mol. The zero-order valence-corrected chi connectivity index (χ0v) is 5.55. The Kier molecular flexibility index (Phi) is 0.943. The van der Waals surface area contributed by atoms with E-state index in [0.29, 0.717) is 11.8 Å². The first-order chi connectivity index (χ1) is 4.29. The fraction of sp³-hybridized carbons (Fsp3) is 0.857. The lowest BCUT2D eigenvalue weighted by Gasteiger charge is -1.84. The average molecular weight is 125 g/mol. The van der Waals surface area contributed by atoms with Gasteiger partial charge in [-0.15, -0.1) is 0 Å². The Bertz CT molecular complexity index is 151. The summed E-state index contributed by atoms with van der Waals surface area (Å²) in [5.74, 6) is 1.16. The highest BCUT2D eigenvalue weighted by atomic mass is 16.1. The smallest absolute Gasteiger partial charge is 0.148 e. The van der Waals surface area contributed by atoms with Gasteiger partial charge in [0.15, 0.2) is 0 Å². The summed E-state index contributed by atoms with van der Waals surface area (Å²) in [6.45, 7) is 1.67. The van der Waals surface area contributed by atoms with E-state index in [1.54, 1.807) is 6.92 Å². The van der Waals surface area contributed by atoms with E-state index in [0.717, 1.165) is 5.92 Å². The SMILES string of the molecule is CC(=O)[C@H]1N[C@@H]1C1CC1. The summed E-state index contributed by atoms with van der Waals surface area (Å²) in [5.41, 5.74) is 0. The number of carbonyl (C=O) groups excluding carboxylic acids is 1. The van der Waals surface area contributed by atoms with E-state index in [-0.39, 0.29) is 6.04 Å². The number of carbonyl (C=O) groups is 1. The van der Waals surface area contributed by atoms with Gasteiger partial charge in [-0.2, -0.15) is 0 Å². The van der Waals surface area contributed by atoms with Crippen molar-refractivity contribution in [3.8, 4) is 0 Å². The van der Waals surface area contributed by atoms with Crippen LogP contribution < -0.4 is 5.32 Å². The van der Waals surface area contributed by atoms with Gasteiger partial charge in [0.05, 0.1) is 6.04 Å². The maximum absolute atomic E-state index is 10.7. The fourth-order valence-electron chi connectivity index (χ4n) is 1.39. The van der Waals surface area contributed by atoms with Crippen LogP contribution in [-0.4, -0.2) is 17.9 Å². The first-order valence-corrected chi connectivity index (χ1v) is 3.55. The van der Waals surface area contributed by atoms with E-state index in [1.807, 2.05) is 0 Å². The van der Waals surface area contributed by atoms with Gasteiger partial charge in [0.1, 0.15) is 5.78 Å². The van der Waals surface area contributed by atoms with Gasteiger partial charge in [-0.25, -0.2) is 0 Å². The molecule has 2 rings (SSSR count). The van der Waals surface area contributed by atoms with Crippen LogP contribution in [-0.2, 0) is 4.79 Å². The Morgan fingerprint density at radius 1 is 1.56 bits per heavy atom. The molecule has 0 aromatic rings. The first-order valence-electron chi connectivity index (χ1n) is 3.55. The summed E-state index contributed by atoms with van der Waals surface area (Å²) >= 11 is 0. The minimum Gasteiger partial charge on any atom is -0.301 e. The van der Waals surface area contributed by atoms with Crippen LogP contribution in [0.15, 0.2) is 0 Å². The maximum Gasteiger partial charge on any atom is 0.148 e. The van der Waals surface area contributed by atoms with E-state index < -0.39 is 0 Å². The van der Waals surface area contributed by atoms with Crippen molar-refractivity contribution in [2.24, 2.45) is 5.92 Å². The van der Waals surface area contributed by atoms with Gasteiger partial charge in [-0.3, -0.25) is 4.79 Å². The van der Waals surface area contributed by atoms with Gasteiger partial charge >= 0.3 is 0 Å². The van der Waals surface area contributed by atoms with E-state index in [2.05, 4.69) is 5.32 Å². The molecule has 2 heteroatoms. The highest BCUT2D eigenvalue weighted by Crippen LogP contribution is 2.39. The van der Waals surface area contributed by atoms with Crippen molar-refractivity contribution in [3.63, 3.8) is 0 Å². The molecule has 0 spiro atoms. The second-order valence-electron chi connectivity index (χ2n) is 3.12. The zero-order chi connectivity index (χ0) is 6.43.